The standard InChI is InChI=1S/C10H18N4O/c1-10(2,6-11)14(4)9(15)8-5-13(3)7-12-8/h5,7H,6,11H2,1-4H3. The van der Waals surface area contributed by atoms with Crippen LogP contribution < -0.4 is 5.73 Å². The van der Waals surface area contributed by atoms with Crippen LogP contribution in [-0.2, 0) is 7.05 Å². The van der Waals surface area contributed by atoms with Gasteiger partial charge in [-0.3, -0.25) is 4.79 Å². The van der Waals surface area contributed by atoms with Gasteiger partial charge >= 0.3 is 0 Å². The van der Waals surface area contributed by atoms with E-state index in [4.69, 9.17) is 5.73 Å². The van der Waals surface area contributed by atoms with Crippen LogP contribution in [0.5, 0.6) is 0 Å². The van der Waals surface area contributed by atoms with Crippen LogP contribution in [0.15, 0.2) is 12.5 Å². The number of nitrogens with two attached hydrogens (primary N) is 1. The predicted molar refractivity (Wildman–Crippen MR) is 58.4 cm³/mol. The molecule has 1 aromatic rings. The molecule has 0 aliphatic rings. The Hall–Kier alpha value is -1.36. The molecule has 0 saturated heterocycles. The summed E-state index contributed by atoms with van der Waals surface area (Å²) in [7, 11) is 3.57. The van der Waals surface area contributed by atoms with Crippen LogP contribution in [-0.4, -0.2) is 39.5 Å². The molecule has 84 valence electrons. The van der Waals surface area contributed by atoms with E-state index in [1.165, 1.54) is 0 Å². The van der Waals surface area contributed by atoms with Gasteiger partial charge in [0, 0.05) is 32.4 Å². The molecular weight excluding hydrogens is 192 g/mol. The lowest BCUT2D eigenvalue weighted by Crippen LogP contribution is -2.50. The lowest BCUT2D eigenvalue weighted by atomic mass is 10.0. The van der Waals surface area contributed by atoms with Crippen LogP contribution >= 0.6 is 0 Å². The summed E-state index contributed by atoms with van der Waals surface area (Å²) in [5, 5.41) is 0. The van der Waals surface area contributed by atoms with E-state index in [9.17, 15) is 4.79 Å². The van der Waals surface area contributed by atoms with Gasteiger partial charge in [-0.15, -0.1) is 0 Å². The third-order valence-electron chi connectivity index (χ3n) is 2.64. The van der Waals surface area contributed by atoms with Gasteiger partial charge in [-0.1, -0.05) is 0 Å². The minimum Gasteiger partial charge on any atom is -0.340 e. The second-order valence-electron chi connectivity index (χ2n) is 4.31. The fraction of sp³-hybridized carbons (Fsp3) is 0.600. The van der Waals surface area contributed by atoms with Crippen molar-refractivity contribution < 1.29 is 4.79 Å². The van der Waals surface area contributed by atoms with Crippen LogP contribution in [0.3, 0.4) is 0 Å². The molecule has 5 nitrogen and oxygen atoms in total. The van der Waals surface area contributed by atoms with Crippen LogP contribution in [0.2, 0.25) is 0 Å². The van der Waals surface area contributed by atoms with Gasteiger partial charge in [0.05, 0.1) is 6.33 Å². The number of rotatable bonds is 3. The number of carbonyl (C=O) groups is 1. The van der Waals surface area contributed by atoms with Gasteiger partial charge in [0.15, 0.2) is 0 Å². The largest absolute Gasteiger partial charge is 0.340 e. The Bertz CT molecular complexity index is 356. The highest BCUT2D eigenvalue weighted by Gasteiger charge is 2.27. The van der Waals surface area contributed by atoms with Crippen molar-refractivity contribution in [3.8, 4) is 0 Å². The highest BCUT2D eigenvalue weighted by Crippen LogP contribution is 2.13. The normalized spacial score (nSPS) is 11.5. The summed E-state index contributed by atoms with van der Waals surface area (Å²) in [5.41, 5.74) is 5.70. The molecule has 1 amide bonds. The molecule has 0 aliphatic carbocycles. The number of imidazole rings is 1. The Kier molecular flexibility index (Phi) is 3.14. The highest BCUT2D eigenvalue weighted by molar-refractivity contribution is 5.92. The van der Waals surface area contributed by atoms with Crippen molar-refractivity contribution in [2.75, 3.05) is 13.6 Å². The molecule has 0 spiro atoms. The molecule has 0 saturated carbocycles. The fourth-order valence-corrected chi connectivity index (χ4v) is 1.11. The van der Waals surface area contributed by atoms with Gasteiger partial charge in [0.1, 0.15) is 5.69 Å². The molecule has 1 rings (SSSR count). The zero-order valence-corrected chi connectivity index (χ0v) is 9.69. The van der Waals surface area contributed by atoms with Gasteiger partial charge in [0.2, 0.25) is 0 Å². The van der Waals surface area contributed by atoms with Crippen molar-refractivity contribution in [1.29, 1.82) is 0 Å². The number of likely N-dealkylation sites (N-methyl/N-ethyl adjacent to an activating group) is 1. The summed E-state index contributed by atoms with van der Waals surface area (Å²) in [5.74, 6) is -0.106. The van der Waals surface area contributed by atoms with Crippen molar-refractivity contribution in [3.05, 3.63) is 18.2 Å². The summed E-state index contributed by atoms with van der Waals surface area (Å²) >= 11 is 0. The van der Waals surface area contributed by atoms with E-state index >= 15 is 0 Å². The van der Waals surface area contributed by atoms with Gasteiger partial charge in [-0.05, 0) is 13.8 Å². The summed E-state index contributed by atoms with van der Waals surface area (Å²) < 4.78 is 1.75. The zero-order chi connectivity index (χ0) is 11.6. The summed E-state index contributed by atoms with van der Waals surface area (Å²) in [6.07, 6.45) is 3.31. The molecule has 0 fully saturated rings. The number of amides is 1. The smallest absolute Gasteiger partial charge is 0.274 e. The highest BCUT2D eigenvalue weighted by atomic mass is 16.2. The van der Waals surface area contributed by atoms with Crippen molar-refractivity contribution >= 4 is 5.91 Å². The average Bonchev–Trinajstić information content (AvgIpc) is 2.62. The average molecular weight is 210 g/mol. The molecule has 0 bridgehead atoms. The quantitative estimate of drug-likeness (QED) is 0.776. The fourth-order valence-electron chi connectivity index (χ4n) is 1.11. The summed E-state index contributed by atoms with van der Waals surface area (Å²) in [6, 6.07) is 0. The topological polar surface area (TPSA) is 64.2 Å². The van der Waals surface area contributed by atoms with E-state index in [2.05, 4.69) is 4.98 Å². The Balaban J connectivity index is 2.86. The Labute approximate surface area is 89.9 Å². The minimum atomic E-state index is -0.353. The maximum atomic E-state index is 12.0. The first-order chi connectivity index (χ1) is 6.88. The molecule has 0 unspecified atom stereocenters. The first-order valence-electron chi connectivity index (χ1n) is 4.84. The Morgan fingerprint density at radius 3 is 2.67 bits per heavy atom. The molecule has 0 atom stereocenters. The molecule has 0 aliphatic heterocycles. The van der Waals surface area contributed by atoms with E-state index in [0.29, 0.717) is 12.2 Å². The monoisotopic (exact) mass is 210 g/mol. The van der Waals surface area contributed by atoms with Crippen molar-refractivity contribution in [2.24, 2.45) is 12.8 Å². The molecule has 0 radical (unpaired) electrons. The lowest BCUT2D eigenvalue weighted by molar-refractivity contribution is 0.0634. The van der Waals surface area contributed by atoms with Crippen LogP contribution in [0.25, 0.3) is 0 Å². The maximum Gasteiger partial charge on any atom is 0.274 e. The first kappa shape index (κ1) is 11.7. The number of nitrogens with zero attached hydrogens (tertiary/aromatic N) is 3. The number of hydrogen-bond acceptors (Lipinski definition) is 3. The second kappa shape index (κ2) is 4.02. The van der Waals surface area contributed by atoms with E-state index in [-0.39, 0.29) is 11.4 Å². The second-order valence-corrected chi connectivity index (χ2v) is 4.31. The van der Waals surface area contributed by atoms with Gasteiger partial charge in [-0.25, -0.2) is 4.98 Å². The van der Waals surface area contributed by atoms with Crippen molar-refractivity contribution in [2.45, 2.75) is 19.4 Å². The molecule has 0 aromatic carbocycles. The molecular formula is C10H18N4O. The van der Waals surface area contributed by atoms with E-state index in [1.54, 1.807) is 29.0 Å². The van der Waals surface area contributed by atoms with E-state index in [1.807, 2.05) is 20.9 Å². The van der Waals surface area contributed by atoms with E-state index < -0.39 is 0 Å². The first-order valence-corrected chi connectivity index (χ1v) is 4.84. The molecule has 2 N–H and O–H groups in total. The van der Waals surface area contributed by atoms with Crippen molar-refractivity contribution in [1.82, 2.24) is 14.5 Å². The number of aryl methyl sites for hydroxylation is 1. The molecule has 1 heterocycles. The van der Waals surface area contributed by atoms with Crippen molar-refractivity contribution in [3.63, 3.8) is 0 Å². The molecule has 15 heavy (non-hydrogen) atoms. The SMILES string of the molecule is CN(C(=O)c1cn(C)cn1)C(C)(C)CN. The predicted octanol–water partition coefficient (Wildman–Crippen LogP) is 0.229. The van der Waals surface area contributed by atoms with E-state index in [0.717, 1.165) is 0 Å². The van der Waals surface area contributed by atoms with Gasteiger partial charge < -0.3 is 15.2 Å². The van der Waals surface area contributed by atoms with Crippen LogP contribution in [0.1, 0.15) is 24.3 Å². The van der Waals surface area contributed by atoms with Crippen LogP contribution in [0, 0.1) is 0 Å². The Morgan fingerprint density at radius 1 is 1.67 bits per heavy atom. The minimum absolute atomic E-state index is 0.106. The number of aromatic nitrogens is 2. The molecule has 1 aromatic heterocycles. The summed E-state index contributed by atoms with van der Waals surface area (Å²) in [6.45, 7) is 4.27. The third kappa shape index (κ3) is 2.36. The third-order valence-corrected chi connectivity index (χ3v) is 2.64. The number of carbonyl (C=O) groups excluding carboxylic acids is 1. The van der Waals surface area contributed by atoms with Gasteiger partial charge in [-0.2, -0.15) is 0 Å². The zero-order valence-electron chi connectivity index (χ0n) is 9.69. The Morgan fingerprint density at radius 2 is 2.27 bits per heavy atom. The van der Waals surface area contributed by atoms with Crippen LogP contribution in [0.4, 0.5) is 0 Å². The number of hydrogen-bond donors (Lipinski definition) is 1. The van der Waals surface area contributed by atoms with Gasteiger partial charge in [0.25, 0.3) is 5.91 Å². The lowest BCUT2D eigenvalue weighted by Gasteiger charge is -2.33. The maximum absolute atomic E-state index is 12.0. The molecule has 5 heteroatoms. The summed E-state index contributed by atoms with van der Waals surface area (Å²) in [4.78, 5) is 17.6.